The number of benzene rings is 1. The molecule has 6 heteroatoms. The zero-order chi connectivity index (χ0) is 16.6. The highest BCUT2D eigenvalue weighted by Gasteiger charge is 2.51. The van der Waals surface area contributed by atoms with Crippen molar-refractivity contribution < 1.29 is 9.53 Å². The van der Waals surface area contributed by atoms with E-state index < -0.39 is 0 Å². The normalized spacial score (nSPS) is 21.6. The summed E-state index contributed by atoms with van der Waals surface area (Å²) in [4.78, 5) is 12.8. The molecule has 24 heavy (non-hydrogen) atoms. The second kappa shape index (κ2) is 6.33. The van der Waals surface area contributed by atoms with Gasteiger partial charge in [-0.05, 0) is 43.4 Å². The molecule has 1 atom stereocenters. The molecule has 1 amide bonds. The minimum atomic E-state index is -0.388. The topological polar surface area (TPSA) is 56.2 Å². The van der Waals surface area contributed by atoms with Gasteiger partial charge in [0, 0.05) is 17.3 Å². The average molecular weight is 390 g/mol. The number of nitrogens with one attached hydrogen (secondary N) is 1. The predicted molar refractivity (Wildman–Crippen MR) is 94.9 cm³/mol. The summed E-state index contributed by atoms with van der Waals surface area (Å²) in [7, 11) is 0. The third-order valence-corrected chi connectivity index (χ3v) is 5.36. The number of anilines is 1. The van der Waals surface area contributed by atoms with E-state index in [9.17, 15) is 4.79 Å². The van der Waals surface area contributed by atoms with Crippen LogP contribution in [-0.4, -0.2) is 28.4 Å². The van der Waals surface area contributed by atoms with E-state index in [-0.39, 0.29) is 17.4 Å². The van der Waals surface area contributed by atoms with E-state index in [2.05, 4.69) is 26.3 Å². The lowest BCUT2D eigenvalue weighted by Gasteiger charge is -2.15. The van der Waals surface area contributed by atoms with Crippen molar-refractivity contribution in [3.8, 4) is 0 Å². The van der Waals surface area contributed by atoms with Gasteiger partial charge in [0.15, 0.2) is 0 Å². The number of ether oxygens (including phenoxy) is 1. The Hall–Kier alpha value is -1.66. The third-order valence-electron chi connectivity index (χ3n) is 4.87. The van der Waals surface area contributed by atoms with Gasteiger partial charge in [0.25, 0.3) is 0 Å². The van der Waals surface area contributed by atoms with Crippen molar-refractivity contribution in [1.29, 1.82) is 0 Å². The van der Waals surface area contributed by atoms with E-state index in [0.717, 1.165) is 54.6 Å². The van der Waals surface area contributed by atoms with E-state index in [4.69, 9.17) is 4.74 Å². The smallest absolute Gasteiger partial charge is 0.235 e. The lowest BCUT2D eigenvalue weighted by atomic mass is 9.95. The zero-order valence-corrected chi connectivity index (χ0v) is 15.0. The summed E-state index contributed by atoms with van der Waals surface area (Å²) in [5.74, 6) is 0.0530. The standard InChI is InChI=1S/C18H20BrN3O2/c19-14-4-1-3-13(9-14)18(6-7-18)17(23)21-15-10-20-22(11-15)12-16-5-2-8-24-16/h1,3-4,9-11,16H,2,5-8,12H2,(H,21,23). The Morgan fingerprint density at radius 2 is 2.33 bits per heavy atom. The molecular weight excluding hydrogens is 370 g/mol. The van der Waals surface area contributed by atoms with Crippen LogP contribution < -0.4 is 5.32 Å². The number of hydrogen-bond donors (Lipinski definition) is 1. The number of rotatable bonds is 5. The van der Waals surface area contributed by atoms with Crippen LogP contribution in [0.5, 0.6) is 0 Å². The summed E-state index contributed by atoms with van der Waals surface area (Å²) < 4.78 is 8.48. The molecule has 1 N–H and O–H groups in total. The fourth-order valence-electron chi connectivity index (χ4n) is 3.33. The fourth-order valence-corrected chi connectivity index (χ4v) is 3.73. The van der Waals surface area contributed by atoms with E-state index in [1.165, 1.54) is 0 Å². The summed E-state index contributed by atoms with van der Waals surface area (Å²) in [5, 5.41) is 7.37. The summed E-state index contributed by atoms with van der Waals surface area (Å²) in [5.41, 5.74) is 1.43. The van der Waals surface area contributed by atoms with Crippen LogP contribution in [0.15, 0.2) is 41.1 Å². The van der Waals surface area contributed by atoms with Gasteiger partial charge in [0.2, 0.25) is 5.91 Å². The van der Waals surface area contributed by atoms with Crippen LogP contribution in [0, 0.1) is 0 Å². The van der Waals surface area contributed by atoms with E-state index in [1.54, 1.807) is 6.20 Å². The predicted octanol–water partition coefficient (Wildman–Crippen LogP) is 3.49. The number of carbonyl (C=O) groups excluding carboxylic acids is 1. The van der Waals surface area contributed by atoms with Crippen molar-refractivity contribution in [2.75, 3.05) is 11.9 Å². The van der Waals surface area contributed by atoms with Crippen LogP contribution in [0.2, 0.25) is 0 Å². The van der Waals surface area contributed by atoms with Gasteiger partial charge in [-0.2, -0.15) is 5.10 Å². The lowest BCUT2D eigenvalue weighted by molar-refractivity contribution is -0.118. The van der Waals surface area contributed by atoms with Gasteiger partial charge in [0.05, 0.1) is 29.9 Å². The summed E-state index contributed by atoms with van der Waals surface area (Å²) in [6.45, 7) is 1.58. The quantitative estimate of drug-likeness (QED) is 0.851. The van der Waals surface area contributed by atoms with Crippen molar-refractivity contribution in [2.24, 2.45) is 0 Å². The largest absolute Gasteiger partial charge is 0.376 e. The highest BCUT2D eigenvalue weighted by molar-refractivity contribution is 9.10. The molecular formula is C18H20BrN3O2. The molecule has 1 saturated carbocycles. The van der Waals surface area contributed by atoms with Gasteiger partial charge in [0.1, 0.15) is 0 Å². The molecule has 2 heterocycles. The first kappa shape index (κ1) is 15.8. The van der Waals surface area contributed by atoms with Crippen molar-refractivity contribution >= 4 is 27.5 Å². The third kappa shape index (κ3) is 3.13. The van der Waals surface area contributed by atoms with E-state index >= 15 is 0 Å². The molecule has 1 aromatic heterocycles. The molecule has 1 aliphatic carbocycles. The maximum atomic E-state index is 12.8. The Labute approximate surface area is 149 Å². The number of carbonyl (C=O) groups is 1. The van der Waals surface area contributed by atoms with Gasteiger partial charge in [-0.1, -0.05) is 28.1 Å². The summed E-state index contributed by atoms with van der Waals surface area (Å²) in [6.07, 6.45) is 7.81. The van der Waals surface area contributed by atoms with Crippen LogP contribution in [0.3, 0.4) is 0 Å². The Morgan fingerprint density at radius 1 is 1.46 bits per heavy atom. The van der Waals surface area contributed by atoms with Crippen LogP contribution >= 0.6 is 15.9 Å². The Morgan fingerprint density at radius 3 is 3.04 bits per heavy atom. The first-order valence-electron chi connectivity index (χ1n) is 8.37. The minimum absolute atomic E-state index is 0.0530. The lowest BCUT2D eigenvalue weighted by Crippen LogP contribution is -2.27. The molecule has 2 fully saturated rings. The van der Waals surface area contributed by atoms with Crippen LogP contribution in [-0.2, 0) is 21.5 Å². The monoisotopic (exact) mass is 389 g/mol. The molecule has 1 aromatic carbocycles. The molecule has 1 unspecified atom stereocenters. The summed E-state index contributed by atoms with van der Waals surface area (Å²) in [6, 6.07) is 8.02. The SMILES string of the molecule is O=C(Nc1cnn(CC2CCCO2)c1)C1(c2cccc(Br)c2)CC1. The van der Waals surface area contributed by atoms with Gasteiger partial charge < -0.3 is 10.1 Å². The molecule has 1 aliphatic heterocycles. The second-order valence-corrected chi connectivity index (χ2v) is 7.55. The Kier molecular flexibility index (Phi) is 4.18. The molecule has 5 nitrogen and oxygen atoms in total. The molecule has 2 aromatic rings. The Bertz CT molecular complexity index is 748. The molecule has 1 saturated heterocycles. The van der Waals surface area contributed by atoms with E-state index in [0.29, 0.717) is 0 Å². The van der Waals surface area contributed by atoms with Crippen molar-refractivity contribution in [3.05, 3.63) is 46.7 Å². The number of amides is 1. The first-order valence-corrected chi connectivity index (χ1v) is 9.17. The molecule has 0 radical (unpaired) electrons. The van der Waals surface area contributed by atoms with Gasteiger partial charge in [-0.3, -0.25) is 9.48 Å². The Balaban J connectivity index is 1.43. The highest BCUT2D eigenvalue weighted by Crippen LogP contribution is 2.49. The fraction of sp³-hybridized carbons (Fsp3) is 0.444. The second-order valence-electron chi connectivity index (χ2n) is 6.63. The number of nitrogens with zero attached hydrogens (tertiary/aromatic N) is 2. The molecule has 0 bridgehead atoms. The van der Waals surface area contributed by atoms with Crippen LogP contribution in [0.25, 0.3) is 0 Å². The number of hydrogen-bond acceptors (Lipinski definition) is 3. The van der Waals surface area contributed by atoms with Crippen molar-refractivity contribution in [2.45, 2.75) is 43.7 Å². The molecule has 2 aliphatic rings. The van der Waals surface area contributed by atoms with E-state index in [1.807, 2.05) is 35.1 Å². The summed E-state index contributed by atoms with van der Waals surface area (Å²) >= 11 is 3.49. The van der Waals surface area contributed by atoms with Crippen molar-refractivity contribution in [3.63, 3.8) is 0 Å². The van der Waals surface area contributed by atoms with Crippen molar-refractivity contribution in [1.82, 2.24) is 9.78 Å². The highest BCUT2D eigenvalue weighted by atomic mass is 79.9. The maximum Gasteiger partial charge on any atom is 0.235 e. The average Bonchev–Trinajstić information content (AvgIpc) is 3.02. The first-order chi connectivity index (χ1) is 11.7. The molecule has 4 rings (SSSR count). The van der Waals surface area contributed by atoms with Gasteiger partial charge in [-0.15, -0.1) is 0 Å². The van der Waals surface area contributed by atoms with Crippen LogP contribution in [0.4, 0.5) is 5.69 Å². The van der Waals surface area contributed by atoms with Gasteiger partial charge >= 0.3 is 0 Å². The zero-order valence-electron chi connectivity index (χ0n) is 13.4. The minimum Gasteiger partial charge on any atom is -0.376 e. The maximum absolute atomic E-state index is 12.8. The van der Waals surface area contributed by atoms with Gasteiger partial charge in [-0.25, -0.2) is 0 Å². The molecule has 0 spiro atoms. The number of aromatic nitrogens is 2. The molecule has 126 valence electrons. The van der Waals surface area contributed by atoms with Crippen LogP contribution in [0.1, 0.15) is 31.2 Å². The number of halogens is 1.